The molecule has 0 atom stereocenters. The first-order valence-corrected chi connectivity index (χ1v) is 7.31. The van der Waals surface area contributed by atoms with Crippen molar-refractivity contribution in [2.75, 3.05) is 7.05 Å². The average molecular weight is 345 g/mol. The Hall–Kier alpha value is -0.840. The molecular weight excluding hydrogens is 334 g/mol. The molecule has 1 heterocycles. The number of thiophene rings is 1. The standard InChI is InChI=1S/C13H11BrClNOS/c1-16(8-9-4-2-3-5-10(9)15)13(17)11-6-7-12(14)18-11/h2-7H,8H2,1H3. The summed E-state index contributed by atoms with van der Waals surface area (Å²) in [6.45, 7) is 0.508. The number of carbonyl (C=O) groups is 1. The van der Waals surface area contributed by atoms with Crippen molar-refractivity contribution in [2.24, 2.45) is 0 Å². The molecule has 1 aromatic heterocycles. The van der Waals surface area contributed by atoms with Gasteiger partial charge in [-0.3, -0.25) is 4.79 Å². The highest BCUT2D eigenvalue weighted by atomic mass is 79.9. The summed E-state index contributed by atoms with van der Waals surface area (Å²) >= 11 is 10.9. The van der Waals surface area contributed by atoms with Crippen molar-refractivity contribution in [3.8, 4) is 0 Å². The highest BCUT2D eigenvalue weighted by molar-refractivity contribution is 9.11. The quantitative estimate of drug-likeness (QED) is 0.806. The summed E-state index contributed by atoms with van der Waals surface area (Å²) < 4.78 is 0.956. The molecule has 1 amide bonds. The Kier molecular flexibility index (Phi) is 4.43. The first kappa shape index (κ1) is 13.6. The van der Waals surface area contributed by atoms with Gasteiger partial charge in [0.25, 0.3) is 5.91 Å². The van der Waals surface area contributed by atoms with E-state index < -0.39 is 0 Å². The van der Waals surface area contributed by atoms with Gasteiger partial charge in [0.15, 0.2) is 0 Å². The smallest absolute Gasteiger partial charge is 0.264 e. The summed E-state index contributed by atoms with van der Waals surface area (Å²) in [7, 11) is 1.78. The lowest BCUT2D eigenvalue weighted by Gasteiger charge is -2.17. The summed E-state index contributed by atoms with van der Waals surface area (Å²) in [5.74, 6) is 0.00520. The zero-order valence-corrected chi connectivity index (χ0v) is 12.8. The number of hydrogen-bond acceptors (Lipinski definition) is 2. The third-order valence-electron chi connectivity index (χ3n) is 2.50. The molecule has 5 heteroatoms. The zero-order chi connectivity index (χ0) is 13.1. The van der Waals surface area contributed by atoms with Crippen molar-refractivity contribution in [1.29, 1.82) is 0 Å². The molecular formula is C13H11BrClNOS. The maximum atomic E-state index is 12.1. The Morgan fingerprint density at radius 2 is 2.06 bits per heavy atom. The van der Waals surface area contributed by atoms with Crippen molar-refractivity contribution in [1.82, 2.24) is 4.90 Å². The van der Waals surface area contributed by atoms with Crippen LogP contribution in [0.4, 0.5) is 0 Å². The fraction of sp³-hybridized carbons (Fsp3) is 0.154. The molecule has 0 fully saturated rings. The number of amides is 1. The second-order valence-corrected chi connectivity index (χ2v) is 6.73. The molecule has 18 heavy (non-hydrogen) atoms. The van der Waals surface area contributed by atoms with E-state index in [1.807, 2.05) is 36.4 Å². The minimum absolute atomic E-state index is 0.00520. The summed E-state index contributed by atoms with van der Waals surface area (Å²) in [6.07, 6.45) is 0. The molecule has 0 N–H and O–H groups in total. The Balaban J connectivity index is 2.11. The van der Waals surface area contributed by atoms with Gasteiger partial charge in [-0.2, -0.15) is 0 Å². The van der Waals surface area contributed by atoms with E-state index in [9.17, 15) is 4.79 Å². The monoisotopic (exact) mass is 343 g/mol. The number of halogens is 2. The van der Waals surface area contributed by atoms with E-state index in [1.165, 1.54) is 11.3 Å². The molecule has 2 nitrogen and oxygen atoms in total. The first-order valence-electron chi connectivity index (χ1n) is 5.32. The topological polar surface area (TPSA) is 20.3 Å². The number of nitrogens with zero attached hydrogens (tertiary/aromatic N) is 1. The molecule has 0 bridgehead atoms. The molecule has 0 saturated carbocycles. The minimum Gasteiger partial charge on any atom is -0.337 e. The van der Waals surface area contributed by atoms with Crippen molar-refractivity contribution in [2.45, 2.75) is 6.54 Å². The molecule has 1 aromatic carbocycles. The fourth-order valence-electron chi connectivity index (χ4n) is 1.57. The van der Waals surface area contributed by atoms with Crippen LogP contribution in [0.15, 0.2) is 40.2 Å². The van der Waals surface area contributed by atoms with Gasteiger partial charge in [-0.15, -0.1) is 11.3 Å². The molecule has 0 aliphatic heterocycles. The van der Waals surface area contributed by atoms with Gasteiger partial charge in [0, 0.05) is 18.6 Å². The van der Waals surface area contributed by atoms with Crippen molar-refractivity contribution >= 4 is 44.8 Å². The zero-order valence-electron chi connectivity index (χ0n) is 9.69. The summed E-state index contributed by atoms with van der Waals surface area (Å²) in [5, 5.41) is 0.685. The highest BCUT2D eigenvalue weighted by Gasteiger charge is 2.14. The Morgan fingerprint density at radius 3 is 2.67 bits per heavy atom. The summed E-state index contributed by atoms with van der Waals surface area (Å²) in [4.78, 5) is 14.5. The number of hydrogen-bond donors (Lipinski definition) is 0. The normalized spacial score (nSPS) is 10.4. The van der Waals surface area contributed by atoms with E-state index in [-0.39, 0.29) is 5.91 Å². The molecule has 2 aromatic rings. The average Bonchev–Trinajstić information content (AvgIpc) is 2.78. The van der Waals surface area contributed by atoms with Crippen LogP contribution in [0, 0.1) is 0 Å². The molecule has 0 unspecified atom stereocenters. The van der Waals surface area contributed by atoms with Gasteiger partial charge < -0.3 is 4.90 Å². The van der Waals surface area contributed by atoms with Gasteiger partial charge in [0.05, 0.1) is 8.66 Å². The fourth-order valence-corrected chi connectivity index (χ4v) is 3.15. The van der Waals surface area contributed by atoms with Gasteiger partial charge in [-0.1, -0.05) is 29.8 Å². The third-order valence-corrected chi connectivity index (χ3v) is 4.48. The van der Waals surface area contributed by atoms with Crippen molar-refractivity contribution in [3.63, 3.8) is 0 Å². The minimum atomic E-state index is 0.00520. The largest absolute Gasteiger partial charge is 0.337 e. The SMILES string of the molecule is CN(Cc1ccccc1Cl)C(=O)c1ccc(Br)s1. The van der Waals surface area contributed by atoms with E-state index in [1.54, 1.807) is 11.9 Å². The molecule has 2 rings (SSSR count). The van der Waals surface area contributed by atoms with E-state index in [2.05, 4.69) is 15.9 Å². The summed E-state index contributed by atoms with van der Waals surface area (Å²) in [5.41, 5.74) is 0.950. The Labute approximate surface area is 123 Å². The predicted molar refractivity (Wildman–Crippen MR) is 79.3 cm³/mol. The molecule has 0 saturated heterocycles. The second kappa shape index (κ2) is 5.87. The van der Waals surface area contributed by atoms with Crippen LogP contribution in [0.5, 0.6) is 0 Å². The van der Waals surface area contributed by atoms with Crippen LogP contribution in [0.1, 0.15) is 15.2 Å². The molecule has 94 valence electrons. The summed E-state index contributed by atoms with van der Waals surface area (Å²) in [6, 6.07) is 11.3. The Morgan fingerprint density at radius 1 is 1.33 bits per heavy atom. The van der Waals surface area contributed by atoms with E-state index >= 15 is 0 Å². The van der Waals surface area contributed by atoms with Gasteiger partial charge in [0.1, 0.15) is 0 Å². The number of benzene rings is 1. The Bertz CT molecular complexity index is 570. The van der Waals surface area contributed by atoms with Crippen LogP contribution in [0.2, 0.25) is 5.02 Å². The number of carbonyl (C=O) groups excluding carboxylic acids is 1. The maximum Gasteiger partial charge on any atom is 0.264 e. The number of rotatable bonds is 3. The van der Waals surface area contributed by atoms with Crippen LogP contribution in [0.3, 0.4) is 0 Å². The lowest BCUT2D eigenvalue weighted by molar-refractivity contribution is 0.0790. The van der Waals surface area contributed by atoms with Gasteiger partial charge in [-0.05, 0) is 39.7 Å². The van der Waals surface area contributed by atoms with Crippen molar-refractivity contribution < 1.29 is 4.79 Å². The lowest BCUT2D eigenvalue weighted by atomic mass is 10.2. The lowest BCUT2D eigenvalue weighted by Crippen LogP contribution is -2.25. The molecule has 0 radical (unpaired) electrons. The van der Waals surface area contributed by atoms with Crippen LogP contribution < -0.4 is 0 Å². The van der Waals surface area contributed by atoms with Crippen LogP contribution in [-0.2, 0) is 6.54 Å². The van der Waals surface area contributed by atoms with Gasteiger partial charge >= 0.3 is 0 Å². The first-order chi connectivity index (χ1) is 8.58. The van der Waals surface area contributed by atoms with E-state index in [4.69, 9.17) is 11.6 Å². The third kappa shape index (κ3) is 3.13. The predicted octanol–water partition coefficient (Wildman–Crippen LogP) is 4.44. The van der Waals surface area contributed by atoms with Crippen LogP contribution >= 0.6 is 38.9 Å². The maximum absolute atomic E-state index is 12.1. The molecule has 0 spiro atoms. The van der Waals surface area contributed by atoms with Gasteiger partial charge in [-0.25, -0.2) is 0 Å². The molecule has 0 aliphatic carbocycles. The van der Waals surface area contributed by atoms with Gasteiger partial charge in [0.2, 0.25) is 0 Å². The molecule has 0 aliphatic rings. The van der Waals surface area contributed by atoms with Crippen molar-refractivity contribution in [3.05, 3.63) is 55.6 Å². The van der Waals surface area contributed by atoms with Crippen LogP contribution in [-0.4, -0.2) is 17.9 Å². The highest BCUT2D eigenvalue weighted by Crippen LogP contribution is 2.24. The van der Waals surface area contributed by atoms with E-state index in [0.717, 1.165) is 14.2 Å². The van der Waals surface area contributed by atoms with Crippen LogP contribution in [0.25, 0.3) is 0 Å². The van der Waals surface area contributed by atoms with E-state index in [0.29, 0.717) is 11.6 Å². The second-order valence-electron chi connectivity index (χ2n) is 3.86.